The maximum atomic E-state index is 12.0. The molecule has 0 aromatic carbocycles. The lowest BCUT2D eigenvalue weighted by molar-refractivity contribution is -0.133. The van der Waals surface area contributed by atoms with Gasteiger partial charge in [-0.15, -0.1) is 0 Å². The summed E-state index contributed by atoms with van der Waals surface area (Å²) in [6.07, 6.45) is 5.63. The van der Waals surface area contributed by atoms with Crippen LogP contribution in [0.15, 0.2) is 0 Å². The SMILES string of the molecule is CC(CCCN)C(=O)NC1CCN(C(=O)C2CC2)CC1. The van der Waals surface area contributed by atoms with E-state index in [-0.39, 0.29) is 17.9 Å². The van der Waals surface area contributed by atoms with Gasteiger partial charge in [0.15, 0.2) is 0 Å². The number of hydrogen-bond acceptors (Lipinski definition) is 3. The van der Waals surface area contributed by atoms with Crippen molar-refractivity contribution in [1.29, 1.82) is 0 Å². The van der Waals surface area contributed by atoms with Gasteiger partial charge < -0.3 is 16.0 Å². The summed E-state index contributed by atoms with van der Waals surface area (Å²) in [6, 6.07) is 0.228. The largest absolute Gasteiger partial charge is 0.353 e. The highest BCUT2D eigenvalue weighted by Crippen LogP contribution is 2.31. The molecule has 2 rings (SSSR count). The summed E-state index contributed by atoms with van der Waals surface area (Å²) in [4.78, 5) is 25.9. The Morgan fingerprint density at radius 2 is 1.90 bits per heavy atom. The summed E-state index contributed by atoms with van der Waals surface area (Å²) in [5.74, 6) is 0.790. The molecule has 5 nitrogen and oxygen atoms in total. The fraction of sp³-hybridized carbons (Fsp3) is 0.867. The number of carbonyl (C=O) groups is 2. The predicted octanol–water partition coefficient (Wildman–Crippen LogP) is 0.879. The molecule has 2 fully saturated rings. The maximum absolute atomic E-state index is 12.0. The molecule has 0 spiro atoms. The van der Waals surface area contributed by atoms with E-state index in [1.165, 1.54) is 0 Å². The number of hydrogen-bond donors (Lipinski definition) is 2. The van der Waals surface area contributed by atoms with E-state index in [2.05, 4.69) is 5.32 Å². The van der Waals surface area contributed by atoms with Crippen molar-refractivity contribution >= 4 is 11.8 Å². The highest BCUT2D eigenvalue weighted by molar-refractivity contribution is 5.81. The first-order valence-corrected chi connectivity index (χ1v) is 7.91. The van der Waals surface area contributed by atoms with Gasteiger partial charge in [-0.1, -0.05) is 6.92 Å². The summed E-state index contributed by atoms with van der Waals surface area (Å²) in [5, 5.41) is 3.11. The molecule has 0 aromatic heterocycles. The monoisotopic (exact) mass is 281 g/mol. The number of nitrogens with zero attached hydrogens (tertiary/aromatic N) is 1. The molecule has 20 heavy (non-hydrogen) atoms. The normalized spacial score (nSPS) is 21.6. The quantitative estimate of drug-likeness (QED) is 0.759. The van der Waals surface area contributed by atoms with Gasteiger partial charge in [0.1, 0.15) is 0 Å². The molecule has 114 valence electrons. The first kappa shape index (κ1) is 15.3. The van der Waals surface area contributed by atoms with Gasteiger partial charge in [0, 0.05) is 31.0 Å². The Bertz CT molecular complexity index is 347. The van der Waals surface area contributed by atoms with Crippen LogP contribution in [0.4, 0.5) is 0 Å². The Labute approximate surface area is 121 Å². The fourth-order valence-corrected chi connectivity index (χ4v) is 2.73. The Balaban J connectivity index is 1.68. The van der Waals surface area contributed by atoms with Crippen molar-refractivity contribution in [3.05, 3.63) is 0 Å². The van der Waals surface area contributed by atoms with E-state index in [0.717, 1.165) is 51.6 Å². The first-order chi connectivity index (χ1) is 9.61. The lowest BCUT2D eigenvalue weighted by Crippen LogP contribution is -2.48. The van der Waals surface area contributed by atoms with Gasteiger partial charge in [-0.05, 0) is 45.1 Å². The van der Waals surface area contributed by atoms with Gasteiger partial charge in [-0.25, -0.2) is 0 Å². The van der Waals surface area contributed by atoms with E-state index in [0.29, 0.717) is 18.4 Å². The van der Waals surface area contributed by atoms with E-state index in [1.54, 1.807) is 0 Å². The summed E-state index contributed by atoms with van der Waals surface area (Å²) in [6.45, 7) is 4.17. The third kappa shape index (κ3) is 4.20. The minimum absolute atomic E-state index is 0.0321. The molecule has 1 atom stereocenters. The van der Waals surface area contributed by atoms with Gasteiger partial charge >= 0.3 is 0 Å². The lowest BCUT2D eigenvalue weighted by atomic mass is 10.0. The number of piperidine rings is 1. The van der Waals surface area contributed by atoms with Crippen LogP contribution >= 0.6 is 0 Å². The summed E-state index contributed by atoms with van der Waals surface area (Å²) < 4.78 is 0. The number of nitrogens with two attached hydrogens (primary N) is 1. The van der Waals surface area contributed by atoms with E-state index in [1.807, 2.05) is 11.8 Å². The van der Waals surface area contributed by atoms with Gasteiger partial charge in [0.05, 0.1) is 0 Å². The fourth-order valence-electron chi connectivity index (χ4n) is 2.73. The zero-order valence-electron chi connectivity index (χ0n) is 12.4. The van der Waals surface area contributed by atoms with Gasteiger partial charge in [-0.2, -0.15) is 0 Å². The van der Waals surface area contributed by atoms with Crippen molar-refractivity contribution in [2.75, 3.05) is 19.6 Å². The van der Waals surface area contributed by atoms with Gasteiger partial charge in [0.2, 0.25) is 11.8 Å². The molecule has 1 unspecified atom stereocenters. The Kier molecular flexibility index (Phi) is 5.40. The second-order valence-electron chi connectivity index (χ2n) is 6.21. The summed E-state index contributed by atoms with van der Waals surface area (Å²) in [7, 11) is 0. The van der Waals surface area contributed by atoms with Crippen LogP contribution in [0.3, 0.4) is 0 Å². The minimum atomic E-state index is 0.0321. The molecule has 0 radical (unpaired) electrons. The van der Waals surface area contributed by atoms with Crippen LogP contribution in [-0.2, 0) is 9.59 Å². The molecule has 1 aliphatic carbocycles. The average Bonchev–Trinajstić information content (AvgIpc) is 3.29. The molecule has 1 aliphatic heterocycles. The maximum Gasteiger partial charge on any atom is 0.225 e. The molecular formula is C15H27N3O2. The van der Waals surface area contributed by atoms with Crippen LogP contribution in [-0.4, -0.2) is 42.4 Å². The van der Waals surface area contributed by atoms with Crippen molar-refractivity contribution in [2.24, 2.45) is 17.6 Å². The van der Waals surface area contributed by atoms with Crippen molar-refractivity contribution in [3.63, 3.8) is 0 Å². The van der Waals surface area contributed by atoms with Crippen LogP contribution < -0.4 is 11.1 Å². The molecule has 0 bridgehead atoms. The van der Waals surface area contributed by atoms with Crippen LogP contribution in [0, 0.1) is 11.8 Å². The number of likely N-dealkylation sites (tertiary alicyclic amines) is 1. The topological polar surface area (TPSA) is 75.4 Å². The molecule has 1 saturated heterocycles. The Morgan fingerprint density at radius 3 is 2.45 bits per heavy atom. The second kappa shape index (κ2) is 7.07. The standard InChI is InChI=1S/C15H27N3O2/c1-11(3-2-8-16)14(19)17-13-6-9-18(10-7-13)15(20)12-4-5-12/h11-13H,2-10,16H2,1H3,(H,17,19). The smallest absolute Gasteiger partial charge is 0.225 e. The Morgan fingerprint density at radius 1 is 1.25 bits per heavy atom. The number of carbonyl (C=O) groups excluding carboxylic acids is 2. The summed E-state index contributed by atoms with van der Waals surface area (Å²) in [5.41, 5.74) is 5.47. The third-order valence-electron chi connectivity index (χ3n) is 4.37. The Hall–Kier alpha value is -1.10. The van der Waals surface area contributed by atoms with Crippen molar-refractivity contribution < 1.29 is 9.59 Å². The number of amides is 2. The van der Waals surface area contributed by atoms with Crippen molar-refractivity contribution in [3.8, 4) is 0 Å². The van der Waals surface area contributed by atoms with Crippen LogP contribution in [0.1, 0.15) is 45.4 Å². The van der Waals surface area contributed by atoms with E-state index < -0.39 is 0 Å². The zero-order chi connectivity index (χ0) is 14.5. The molecule has 1 heterocycles. The van der Waals surface area contributed by atoms with Crippen LogP contribution in [0.2, 0.25) is 0 Å². The summed E-state index contributed by atoms with van der Waals surface area (Å²) >= 11 is 0. The predicted molar refractivity (Wildman–Crippen MR) is 77.9 cm³/mol. The second-order valence-corrected chi connectivity index (χ2v) is 6.21. The highest BCUT2D eigenvalue weighted by Gasteiger charge is 2.35. The molecule has 0 aromatic rings. The third-order valence-corrected chi connectivity index (χ3v) is 4.37. The molecule has 2 amide bonds. The van der Waals surface area contributed by atoms with E-state index in [4.69, 9.17) is 5.73 Å². The molecule has 3 N–H and O–H groups in total. The van der Waals surface area contributed by atoms with Crippen LogP contribution in [0.25, 0.3) is 0 Å². The van der Waals surface area contributed by atoms with Crippen molar-refractivity contribution in [2.45, 2.75) is 51.5 Å². The number of rotatable bonds is 6. The van der Waals surface area contributed by atoms with Gasteiger partial charge in [0.25, 0.3) is 0 Å². The molecular weight excluding hydrogens is 254 g/mol. The van der Waals surface area contributed by atoms with Crippen molar-refractivity contribution in [1.82, 2.24) is 10.2 Å². The lowest BCUT2D eigenvalue weighted by Gasteiger charge is -2.33. The molecule has 2 aliphatic rings. The van der Waals surface area contributed by atoms with E-state index in [9.17, 15) is 9.59 Å². The molecule has 1 saturated carbocycles. The van der Waals surface area contributed by atoms with E-state index >= 15 is 0 Å². The average molecular weight is 281 g/mol. The zero-order valence-corrected chi connectivity index (χ0v) is 12.4. The highest BCUT2D eigenvalue weighted by atomic mass is 16.2. The van der Waals surface area contributed by atoms with Gasteiger partial charge in [-0.3, -0.25) is 9.59 Å². The number of nitrogens with one attached hydrogen (secondary N) is 1. The molecule has 5 heteroatoms. The van der Waals surface area contributed by atoms with Crippen LogP contribution in [0.5, 0.6) is 0 Å². The minimum Gasteiger partial charge on any atom is -0.353 e. The first-order valence-electron chi connectivity index (χ1n) is 7.91.